The van der Waals surface area contributed by atoms with E-state index in [9.17, 15) is 13.2 Å². The minimum Gasteiger partial charge on any atom is -0.495 e. The van der Waals surface area contributed by atoms with Gasteiger partial charge in [-0.1, -0.05) is 25.8 Å². The third-order valence-corrected chi connectivity index (χ3v) is 4.03. The first-order chi connectivity index (χ1) is 13.3. The van der Waals surface area contributed by atoms with E-state index in [2.05, 4.69) is 22.2 Å². The lowest BCUT2D eigenvalue weighted by Crippen LogP contribution is -2.18. The average Bonchev–Trinajstić information content (AvgIpc) is 2.69. The number of alkyl halides is 3. The fourth-order valence-corrected chi connectivity index (χ4v) is 2.48. The van der Waals surface area contributed by atoms with Crippen molar-refractivity contribution in [1.29, 1.82) is 5.41 Å². The molecule has 28 heavy (non-hydrogen) atoms. The van der Waals surface area contributed by atoms with Gasteiger partial charge in [0.2, 0.25) is 0 Å². The predicted molar refractivity (Wildman–Crippen MR) is 103 cm³/mol. The summed E-state index contributed by atoms with van der Waals surface area (Å²) in [6.45, 7) is 2.07. The lowest BCUT2D eigenvalue weighted by atomic mass is 10.1. The van der Waals surface area contributed by atoms with Crippen LogP contribution in [0.15, 0.2) is 48.8 Å². The molecule has 150 valence electrons. The van der Waals surface area contributed by atoms with Gasteiger partial charge in [-0.15, -0.1) is 0 Å². The third kappa shape index (κ3) is 6.37. The van der Waals surface area contributed by atoms with Gasteiger partial charge in [0.15, 0.2) is 0 Å². The van der Waals surface area contributed by atoms with Gasteiger partial charge in [-0.2, -0.15) is 13.2 Å². The van der Waals surface area contributed by atoms with E-state index in [1.165, 1.54) is 12.1 Å². The molecule has 0 aliphatic carbocycles. The molecule has 1 atom stereocenters. The van der Waals surface area contributed by atoms with Crippen molar-refractivity contribution in [1.82, 2.24) is 9.97 Å². The van der Waals surface area contributed by atoms with Gasteiger partial charge in [0.05, 0.1) is 19.0 Å². The van der Waals surface area contributed by atoms with Crippen LogP contribution in [-0.2, 0) is 6.18 Å². The molecular weight excluding hydrogens is 369 g/mol. The van der Waals surface area contributed by atoms with Gasteiger partial charge in [0, 0.05) is 17.8 Å². The molecule has 2 aromatic heterocycles. The number of allylic oxidation sites excluding steroid dienone is 1. The molecule has 2 rings (SSSR count). The van der Waals surface area contributed by atoms with Crippen molar-refractivity contribution in [2.24, 2.45) is 0 Å². The number of methoxy groups -OCH3 is 1. The van der Waals surface area contributed by atoms with Crippen LogP contribution in [0.1, 0.15) is 37.4 Å². The SMILES string of the molecule is CCCCC(C=CC(=N)c1ccnc(C(F)(F)F)c1)Nc1ccc(OC)cn1. The number of pyridine rings is 2. The Morgan fingerprint density at radius 2 is 2.07 bits per heavy atom. The summed E-state index contributed by atoms with van der Waals surface area (Å²) < 4.78 is 43.5. The van der Waals surface area contributed by atoms with Gasteiger partial charge < -0.3 is 15.5 Å². The molecule has 0 fully saturated rings. The summed E-state index contributed by atoms with van der Waals surface area (Å²) in [6.07, 6.45) is 4.17. The van der Waals surface area contributed by atoms with E-state index in [0.717, 1.165) is 31.5 Å². The molecule has 0 aromatic carbocycles. The average molecular weight is 392 g/mol. The van der Waals surface area contributed by atoms with Gasteiger partial charge in [0.1, 0.15) is 17.3 Å². The molecule has 0 saturated heterocycles. The Bertz CT molecular complexity index is 804. The first kappa shape index (κ1) is 21.4. The van der Waals surface area contributed by atoms with E-state index < -0.39 is 11.9 Å². The highest BCUT2D eigenvalue weighted by atomic mass is 19.4. The zero-order valence-corrected chi connectivity index (χ0v) is 15.8. The topological polar surface area (TPSA) is 70.9 Å². The molecule has 0 bridgehead atoms. The lowest BCUT2D eigenvalue weighted by molar-refractivity contribution is -0.141. The Morgan fingerprint density at radius 3 is 2.68 bits per heavy atom. The summed E-state index contributed by atoms with van der Waals surface area (Å²) in [5, 5.41) is 11.4. The van der Waals surface area contributed by atoms with Gasteiger partial charge in [-0.25, -0.2) is 4.98 Å². The number of nitrogens with zero attached hydrogens (tertiary/aromatic N) is 2. The van der Waals surface area contributed by atoms with E-state index in [0.29, 0.717) is 11.6 Å². The van der Waals surface area contributed by atoms with E-state index in [-0.39, 0.29) is 17.3 Å². The van der Waals surface area contributed by atoms with E-state index >= 15 is 0 Å². The first-order valence-electron chi connectivity index (χ1n) is 8.90. The maximum atomic E-state index is 12.8. The standard InChI is InChI=1S/C20H23F3N4O/c1-3-4-5-15(27-19-9-7-16(28-2)13-26-19)6-8-17(24)14-10-11-25-18(12-14)20(21,22)23/h6-13,15,24H,3-5H2,1-2H3,(H,26,27). The van der Waals surface area contributed by atoms with Crippen molar-refractivity contribution < 1.29 is 17.9 Å². The Hall–Kier alpha value is -2.90. The summed E-state index contributed by atoms with van der Waals surface area (Å²) in [6, 6.07) is 5.74. The zero-order chi connectivity index (χ0) is 20.6. The van der Waals surface area contributed by atoms with Crippen molar-refractivity contribution in [3.05, 3.63) is 60.1 Å². The van der Waals surface area contributed by atoms with Crippen LogP contribution in [0.25, 0.3) is 0 Å². The number of ether oxygens (including phenoxy) is 1. The molecule has 5 nitrogen and oxygen atoms in total. The van der Waals surface area contributed by atoms with Crippen LogP contribution in [0.5, 0.6) is 5.75 Å². The summed E-state index contributed by atoms with van der Waals surface area (Å²) in [7, 11) is 1.56. The van der Waals surface area contributed by atoms with Crippen LogP contribution >= 0.6 is 0 Å². The number of anilines is 1. The maximum Gasteiger partial charge on any atom is 0.433 e. The molecule has 0 spiro atoms. The van der Waals surface area contributed by atoms with Crippen molar-refractivity contribution in [2.75, 3.05) is 12.4 Å². The monoisotopic (exact) mass is 392 g/mol. The maximum absolute atomic E-state index is 12.8. The molecule has 0 aliphatic rings. The first-order valence-corrected chi connectivity index (χ1v) is 8.90. The summed E-state index contributed by atoms with van der Waals surface area (Å²) in [4.78, 5) is 7.59. The Kier molecular flexibility index (Phi) is 7.54. The second kappa shape index (κ2) is 9.87. The van der Waals surface area contributed by atoms with Crippen LogP contribution in [-0.4, -0.2) is 28.8 Å². The molecule has 2 heterocycles. The Labute approximate surface area is 162 Å². The van der Waals surface area contributed by atoms with Crippen molar-refractivity contribution >= 4 is 11.5 Å². The quantitative estimate of drug-likeness (QED) is 0.583. The lowest BCUT2D eigenvalue weighted by Gasteiger charge is -2.16. The Morgan fingerprint density at radius 1 is 1.29 bits per heavy atom. The van der Waals surface area contributed by atoms with Crippen LogP contribution in [0.4, 0.5) is 19.0 Å². The minimum absolute atomic E-state index is 0.0149. The number of nitrogens with one attached hydrogen (secondary N) is 2. The fourth-order valence-electron chi connectivity index (χ4n) is 2.48. The summed E-state index contributed by atoms with van der Waals surface area (Å²) in [5.41, 5.74) is -0.861. The summed E-state index contributed by atoms with van der Waals surface area (Å²) in [5.74, 6) is 1.30. The smallest absolute Gasteiger partial charge is 0.433 e. The highest BCUT2D eigenvalue weighted by Gasteiger charge is 2.32. The van der Waals surface area contributed by atoms with Crippen molar-refractivity contribution in [3.8, 4) is 5.75 Å². The van der Waals surface area contributed by atoms with Crippen LogP contribution in [0.2, 0.25) is 0 Å². The molecular formula is C20H23F3N4O. The predicted octanol–water partition coefficient (Wildman–Crippen LogP) is 5.10. The van der Waals surface area contributed by atoms with Crippen molar-refractivity contribution in [2.45, 2.75) is 38.4 Å². The fraction of sp³-hybridized carbons (Fsp3) is 0.350. The number of hydrogen-bond acceptors (Lipinski definition) is 5. The number of unbranched alkanes of at least 4 members (excludes halogenated alkanes) is 1. The highest BCUT2D eigenvalue weighted by molar-refractivity contribution is 6.06. The molecule has 0 saturated carbocycles. The van der Waals surface area contributed by atoms with Crippen LogP contribution in [0.3, 0.4) is 0 Å². The molecule has 2 N–H and O–H groups in total. The normalized spacial score (nSPS) is 12.8. The molecule has 2 aromatic rings. The second-order valence-corrected chi connectivity index (χ2v) is 6.18. The molecule has 0 amide bonds. The number of aromatic nitrogens is 2. The van der Waals surface area contributed by atoms with Crippen LogP contribution in [0, 0.1) is 5.41 Å². The van der Waals surface area contributed by atoms with E-state index in [1.54, 1.807) is 31.5 Å². The number of rotatable bonds is 9. The highest BCUT2D eigenvalue weighted by Crippen LogP contribution is 2.27. The Balaban J connectivity index is 2.11. The zero-order valence-electron chi connectivity index (χ0n) is 15.8. The van der Waals surface area contributed by atoms with Gasteiger partial charge in [0.25, 0.3) is 0 Å². The summed E-state index contributed by atoms with van der Waals surface area (Å²) >= 11 is 0. The van der Waals surface area contributed by atoms with Gasteiger partial charge in [-0.05, 0) is 36.8 Å². The minimum atomic E-state index is -4.54. The van der Waals surface area contributed by atoms with Crippen molar-refractivity contribution in [3.63, 3.8) is 0 Å². The largest absolute Gasteiger partial charge is 0.495 e. The number of hydrogen-bond donors (Lipinski definition) is 2. The molecule has 1 unspecified atom stereocenters. The van der Waals surface area contributed by atoms with E-state index in [4.69, 9.17) is 10.1 Å². The van der Waals surface area contributed by atoms with Gasteiger partial charge in [-0.3, -0.25) is 4.98 Å². The van der Waals surface area contributed by atoms with E-state index in [1.807, 2.05) is 0 Å². The molecule has 8 heteroatoms. The molecule has 0 aliphatic heterocycles. The van der Waals surface area contributed by atoms with Gasteiger partial charge >= 0.3 is 6.18 Å². The molecule has 0 radical (unpaired) electrons. The third-order valence-electron chi connectivity index (χ3n) is 4.03. The second-order valence-electron chi connectivity index (χ2n) is 6.18. The number of halogens is 3. The van der Waals surface area contributed by atoms with Crippen LogP contribution < -0.4 is 10.1 Å².